The highest BCUT2D eigenvalue weighted by Gasteiger charge is 2.35. The number of nitrogens with zero attached hydrogens (tertiary/aromatic N) is 1. The molecule has 2 amide bonds. The van der Waals surface area contributed by atoms with Crippen molar-refractivity contribution in [2.45, 2.75) is 31.2 Å². The molecule has 1 aliphatic heterocycles. The Morgan fingerprint density at radius 3 is 2.52 bits per heavy atom. The lowest BCUT2D eigenvalue weighted by Crippen LogP contribution is -2.48. The summed E-state index contributed by atoms with van der Waals surface area (Å²) in [6.45, 7) is 0.869. The Bertz CT molecular complexity index is 526. The summed E-state index contributed by atoms with van der Waals surface area (Å²) in [5.74, 6) is -0.686. The van der Waals surface area contributed by atoms with Crippen LogP contribution in [0.5, 0.6) is 0 Å². The molecule has 1 aromatic rings. The smallest absolute Gasteiger partial charge is 0.317 e. The van der Waals surface area contributed by atoms with Crippen LogP contribution in [0, 0.1) is 5.92 Å². The molecular weight excluding hydrogens is 268 g/mol. The average molecular weight is 288 g/mol. The Hall–Kier alpha value is -2.04. The number of rotatable bonds is 3. The van der Waals surface area contributed by atoms with Gasteiger partial charge in [0.25, 0.3) is 0 Å². The summed E-state index contributed by atoms with van der Waals surface area (Å²) in [7, 11) is 0. The summed E-state index contributed by atoms with van der Waals surface area (Å²) in [5.41, 5.74) is 1.33. The molecule has 0 bridgehead atoms. The first-order chi connectivity index (χ1) is 10.1. The molecular formula is C16H20N2O3. The van der Waals surface area contributed by atoms with Crippen LogP contribution in [0.3, 0.4) is 0 Å². The van der Waals surface area contributed by atoms with Crippen LogP contribution in [-0.2, 0) is 4.79 Å². The van der Waals surface area contributed by atoms with Crippen LogP contribution in [0.25, 0.3) is 0 Å². The van der Waals surface area contributed by atoms with Gasteiger partial charge in [0.2, 0.25) is 0 Å². The van der Waals surface area contributed by atoms with Gasteiger partial charge in [-0.3, -0.25) is 4.79 Å². The molecule has 1 saturated heterocycles. The fourth-order valence-electron chi connectivity index (χ4n) is 3.15. The number of hydrogen-bond acceptors (Lipinski definition) is 2. The third kappa shape index (κ3) is 3.01. The highest BCUT2D eigenvalue weighted by molar-refractivity contribution is 5.77. The van der Waals surface area contributed by atoms with Crippen LogP contribution in [0.1, 0.15) is 30.7 Å². The minimum absolute atomic E-state index is 0.115. The number of aliphatic carboxylic acids is 1. The Morgan fingerprint density at radius 2 is 1.90 bits per heavy atom. The van der Waals surface area contributed by atoms with Gasteiger partial charge in [-0.15, -0.1) is 0 Å². The predicted octanol–water partition coefficient (Wildman–Crippen LogP) is 2.05. The summed E-state index contributed by atoms with van der Waals surface area (Å²) in [6.07, 6.45) is 2.48. The molecule has 1 unspecified atom stereocenters. The third-order valence-electron chi connectivity index (χ3n) is 4.56. The number of likely N-dealkylation sites (tertiary alicyclic amines) is 1. The van der Waals surface area contributed by atoms with Gasteiger partial charge in [0.05, 0.1) is 5.92 Å². The van der Waals surface area contributed by atoms with Crippen LogP contribution in [0.4, 0.5) is 4.79 Å². The number of benzene rings is 1. The van der Waals surface area contributed by atoms with Crippen molar-refractivity contribution < 1.29 is 14.7 Å². The van der Waals surface area contributed by atoms with Crippen LogP contribution in [0.2, 0.25) is 0 Å². The van der Waals surface area contributed by atoms with E-state index in [0.29, 0.717) is 25.4 Å². The molecule has 1 saturated carbocycles. The number of amides is 2. The maximum Gasteiger partial charge on any atom is 0.317 e. The van der Waals surface area contributed by atoms with Gasteiger partial charge in [-0.05, 0) is 30.7 Å². The zero-order valence-corrected chi connectivity index (χ0v) is 11.9. The molecule has 2 N–H and O–H groups in total. The molecule has 3 rings (SSSR count). The maximum absolute atomic E-state index is 12.1. The molecule has 1 atom stereocenters. The van der Waals surface area contributed by atoms with E-state index in [2.05, 4.69) is 17.4 Å². The Kier molecular flexibility index (Phi) is 3.82. The maximum atomic E-state index is 12.1. The average Bonchev–Trinajstić information content (AvgIpc) is 2.93. The van der Waals surface area contributed by atoms with Crippen molar-refractivity contribution in [1.29, 1.82) is 0 Å². The lowest BCUT2D eigenvalue weighted by atomic mass is 9.76. The van der Waals surface area contributed by atoms with Crippen molar-refractivity contribution in [2.24, 2.45) is 5.92 Å². The minimum atomic E-state index is -0.807. The van der Waals surface area contributed by atoms with Gasteiger partial charge in [0, 0.05) is 19.1 Å². The van der Waals surface area contributed by atoms with E-state index in [0.717, 1.165) is 12.8 Å². The van der Waals surface area contributed by atoms with Gasteiger partial charge in [-0.2, -0.15) is 0 Å². The molecule has 21 heavy (non-hydrogen) atoms. The van der Waals surface area contributed by atoms with E-state index in [1.54, 1.807) is 4.90 Å². The first-order valence-electron chi connectivity index (χ1n) is 7.46. The van der Waals surface area contributed by atoms with E-state index in [-0.39, 0.29) is 12.1 Å². The number of carboxylic acids is 1. The normalized spacial score (nSPS) is 28.0. The Balaban J connectivity index is 1.45. The SMILES string of the molecule is O=C(O)C1CCN(C(=O)NC2CC(c3ccccc3)C2)C1. The molecule has 1 aliphatic carbocycles. The van der Waals surface area contributed by atoms with E-state index in [1.807, 2.05) is 18.2 Å². The summed E-state index contributed by atoms with van der Waals surface area (Å²) in [6, 6.07) is 10.4. The second-order valence-corrected chi connectivity index (χ2v) is 6.00. The number of carbonyl (C=O) groups excluding carboxylic acids is 1. The van der Waals surface area contributed by atoms with Crippen LogP contribution in [-0.4, -0.2) is 41.1 Å². The van der Waals surface area contributed by atoms with E-state index in [1.165, 1.54) is 5.56 Å². The van der Waals surface area contributed by atoms with Crippen LogP contribution >= 0.6 is 0 Å². The number of urea groups is 1. The summed E-state index contributed by atoms with van der Waals surface area (Å²) in [5, 5.41) is 12.0. The largest absolute Gasteiger partial charge is 0.481 e. The fraction of sp³-hybridized carbons (Fsp3) is 0.500. The van der Waals surface area contributed by atoms with E-state index >= 15 is 0 Å². The molecule has 112 valence electrons. The second kappa shape index (κ2) is 5.76. The molecule has 5 nitrogen and oxygen atoms in total. The van der Waals surface area contributed by atoms with Gasteiger partial charge in [-0.25, -0.2) is 4.79 Å². The summed E-state index contributed by atoms with van der Waals surface area (Å²) in [4.78, 5) is 24.6. The second-order valence-electron chi connectivity index (χ2n) is 6.00. The summed E-state index contributed by atoms with van der Waals surface area (Å²) >= 11 is 0. The zero-order valence-electron chi connectivity index (χ0n) is 11.9. The highest BCUT2D eigenvalue weighted by atomic mass is 16.4. The van der Waals surface area contributed by atoms with Gasteiger partial charge in [-0.1, -0.05) is 30.3 Å². The first kappa shape index (κ1) is 13.9. The van der Waals surface area contributed by atoms with E-state index in [9.17, 15) is 9.59 Å². The molecule has 1 aromatic carbocycles. The van der Waals surface area contributed by atoms with Crippen molar-refractivity contribution >= 4 is 12.0 Å². The van der Waals surface area contributed by atoms with Gasteiger partial charge >= 0.3 is 12.0 Å². The van der Waals surface area contributed by atoms with Crippen molar-refractivity contribution in [3.05, 3.63) is 35.9 Å². The van der Waals surface area contributed by atoms with Crippen LogP contribution in [0.15, 0.2) is 30.3 Å². The lowest BCUT2D eigenvalue weighted by molar-refractivity contribution is -0.141. The molecule has 0 radical (unpaired) electrons. The predicted molar refractivity (Wildman–Crippen MR) is 78.1 cm³/mol. The third-order valence-corrected chi connectivity index (χ3v) is 4.56. The van der Waals surface area contributed by atoms with Gasteiger partial charge in [0.15, 0.2) is 0 Å². The standard InChI is InChI=1S/C16H20N2O3/c19-15(20)12-6-7-18(10-12)16(21)17-14-8-13(9-14)11-4-2-1-3-5-11/h1-5,12-14H,6-10H2,(H,17,21)(H,19,20). The highest BCUT2D eigenvalue weighted by Crippen LogP contribution is 2.36. The van der Waals surface area contributed by atoms with Gasteiger partial charge < -0.3 is 15.3 Å². The van der Waals surface area contributed by atoms with E-state index < -0.39 is 11.9 Å². The molecule has 1 heterocycles. The molecule has 0 spiro atoms. The van der Waals surface area contributed by atoms with Crippen molar-refractivity contribution in [3.8, 4) is 0 Å². The minimum Gasteiger partial charge on any atom is -0.481 e. The quantitative estimate of drug-likeness (QED) is 0.894. The zero-order chi connectivity index (χ0) is 14.8. The van der Waals surface area contributed by atoms with Crippen molar-refractivity contribution in [3.63, 3.8) is 0 Å². The molecule has 5 heteroatoms. The molecule has 2 aliphatic rings. The van der Waals surface area contributed by atoms with Crippen molar-refractivity contribution in [1.82, 2.24) is 10.2 Å². The van der Waals surface area contributed by atoms with Gasteiger partial charge in [0.1, 0.15) is 0 Å². The number of carbonyl (C=O) groups is 2. The fourth-order valence-corrected chi connectivity index (χ4v) is 3.15. The first-order valence-corrected chi connectivity index (χ1v) is 7.46. The van der Waals surface area contributed by atoms with Crippen molar-refractivity contribution in [2.75, 3.05) is 13.1 Å². The Morgan fingerprint density at radius 1 is 1.19 bits per heavy atom. The lowest BCUT2D eigenvalue weighted by Gasteiger charge is -2.37. The number of carboxylic acid groups (broad SMARTS) is 1. The van der Waals surface area contributed by atoms with Crippen LogP contribution < -0.4 is 5.32 Å². The summed E-state index contributed by atoms with van der Waals surface area (Å²) < 4.78 is 0. The number of nitrogens with one attached hydrogen (secondary N) is 1. The van der Waals surface area contributed by atoms with E-state index in [4.69, 9.17) is 5.11 Å². The number of hydrogen-bond donors (Lipinski definition) is 2. The monoisotopic (exact) mass is 288 g/mol. The Labute approximate surface area is 123 Å². The molecule has 2 fully saturated rings. The molecule has 0 aromatic heterocycles. The topological polar surface area (TPSA) is 69.6 Å².